The molecule has 1 N–H and O–H groups in total. The number of nitro groups is 1. The van der Waals surface area contributed by atoms with E-state index in [9.17, 15) is 19.7 Å². The number of anilines is 1. The van der Waals surface area contributed by atoms with E-state index in [0.717, 1.165) is 0 Å². The monoisotopic (exact) mass is 405 g/mol. The molecule has 0 saturated carbocycles. The zero-order valence-corrected chi connectivity index (χ0v) is 15.7. The van der Waals surface area contributed by atoms with E-state index in [1.165, 1.54) is 49.4 Å². The number of carbonyl (C=O) groups excluding carboxylic acids is 2. The van der Waals surface area contributed by atoms with E-state index in [2.05, 4.69) is 5.32 Å². The number of nitro benzene ring substituents is 1. The number of ether oxygens (including phenoxy) is 1. The first-order chi connectivity index (χ1) is 14.4. The average molecular weight is 405 g/mol. The fraction of sp³-hybridized carbons (Fsp3) is 0.0952. The molecule has 30 heavy (non-hydrogen) atoms. The lowest BCUT2D eigenvalue weighted by Crippen LogP contribution is -2.29. The number of carbonyl (C=O) groups is 2. The summed E-state index contributed by atoms with van der Waals surface area (Å²) in [5.41, 5.74) is 1.26. The molecule has 1 amide bonds. The molecule has 0 aliphatic carbocycles. The molecule has 2 aromatic carbocycles. The Morgan fingerprint density at radius 1 is 1.17 bits per heavy atom. The van der Waals surface area contributed by atoms with Crippen LogP contribution in [0.1, 0.15) is 23.0 Å². The number of hydrogen-bond acceptors (Lipinski definition) is 7. The number of amides is 1. The van der Waals surface area contributed by atoms with Gasteiger partial charge in [-0.2, -0.15) is 5.26 Å². The lowest BCUT2D eigenvalue weighted by molar-refractivity contribution is -0.384. The Morgan fingerprint density at radius 2 is 1.90 bits per heavy atom. The minimum atomic E-state index is -1.11. The van der Waals surface area contributed by atoms with Crippen LogP contribution in [-0.2, 0) is 9.53 Å². The van der Waals surface area contributed by atoms with Gasteiger partial charge in [0, 0.05) is 23.4 Å². The quantitative estimate of drug-likeness (QED) is 0.373. The third-order valence-corrected chi connectivity index (χ3v) is 4.08. The Labute approximate surface area is 170 Å². The van der Waals surface area contributed by atoms with Gasteiger partial charge in [0.1, 0.15) is 5.76 Å². The summed E-state index contributed by atoms with van der Waals surface area (Å²) in [6, 6.07) is 16.8. The number of nitrogens with one attached hydrogen (secondary N) is 1. The van der Waals surface area contributed by atoms with E-state index < -0.39 is 22.9 Å². The largest absolute Gasteiger partial charge is 0.449 e. The molecule has 9 heteroatoms. The predicted octanol–water partition coefficient (Wildman–Crippen LogP) is 3.91. The highest BCUT2D eigenvalue weighted by atomic mass is 16.6. The van der Waals surface area contributed by atoms with Crippen molar-refractivity contribution in [3.8, 4) is 17.4 Å². The molecule has 1 heterocycles. The van der Waals surface area contributed by atoms with Crippen LogP contribution in [0.15, 0.2) is 65.1 Å². The van der Waals surface area contributed by atoms with Crippen LogP contribution >= 0.6 is 0 Å². The molecule has 1 aromatic heterocycles. The van der Waals surface area contributed by atoms with Crippen molar-refractivity contribution >= 4 is 23.3 Å². The molecule has 0 spiro atoms. The van der Waals surface area contributed by atoms with Crippen molar-refractivity contribution < 1.29 is 23.7 Å². The molecule has 9 nitrogen and oxygen atoms in total. The number of furan rings is 1. The van der Waals surface area contributed by atoms with Gasteiger partial charge in [-0.3, -0.25) is 14.9 Å². The van der Waals surface area contributed by atoms with Gasteiger partial charge < -0.3 is 14.5 Å². The number of nitriles is 1. The minimum Gasteiger partial charge on any atom is -0.449 e. The molecule has 0 fully saturated rings. The predicted molar refractivity (Wildman–Crippen MR) is 105 cm³/mol. The Balaban J connectivity index is 1.63. The number of esters is 1. The summed E-state index contributed by atoms with van der Waals surface area (Å²) in [4.78, 5) is 34.7. The van der Waals surface area contributed by atoms with Crippen molar-refractivity contribution in [3.05, 3.63) is 82.1 Å². The minimum absolute atomic E-state index is 0.0647. The summed E-state index contributed by atoms with van der Waals surface area (Å²) in [5.74, 6) is -1.20. The van der Waals surface area contributed by atoms with Crippen LogP contribution in [0.3, 0.4) is 0 Å². The topological polar surface area (TPSA) is 135 Å². The van der Waals surface area contributed by atoms with Crippen LogP contribution in [-0.4, -0.2) is 22.9 Å². The second-order valence-corrected chi connectivity index (χ2v) is 6.20. The fourth-order valence-electron chi connectivity index (χ4n) is 2.53. The van der Waals surface area contributed by atoms with Crippen LogP contribution in [0.2, 0.25) is 0 Å². The second kappa shape index (κ2) is 8.70. The van der Waals surface area contributed by atoms with E-state index in [0.29, 0.717) is 22.6 Å². The van der Waals surface area contributed by atoms with Crippen molar-refractivity contribution in [2.24, 2.45) is 0 Å². The first kappa shape index (κ1) is 20.3. The van der Waals surface area contributed by atoms with Gasteiger partial charge in [-0.25, -0.2) is 4.79 Å². The number of benzene rings is 2. The van der Waals surface area contributed by atoms with Gasteiger partial charge >= 0.3 is 5.97 Å². The third kappa shape index (κ3) is 4.69. The highest BCUT2D eigenvalue weighted by Crippen LogP contribution is 2.25. The average Bonchev–Trinajstić information content (AvgIpc) is 3.24. The molecule has 0 saturated heterocycles. The third-order valence-electron chi connectivity index (χ3n) is 4.08. The van der Waals surface area contributed by atoms with Gasteiger partial charge in [0.2, 0.25) is 5.76 Å². The lowest BCUT2D eigenvalue weighted by Gasteiger charge is -2.12. The SMILES string of the molecule is C[C@@H](OC(=O)c1ccc(-c2ccc([N+](=O)[O-])cc2)o1)C(=O)Nc1cccc(C#N)c1. The Morgan fingerprint density at radius 3 is 2.57 bits per heavy atom. The van der Waals surface area contributed by atoms with Gasteiger partial charge in [0.25, 0.3) is 11.6 Å². The van der Waals surface area contributed by atoms with Crippen LogP contribution in [0.5, 0.6) is 0 Å². The fourth-order valence-corrected chi connectivity index (χ4v) is 2.53. The van der Waals surface area contributed by atoms with Gasteiger partial charge in [-0.1, -0.05) is 6.07 Å². The summed E-state index contributed by atoms with van der Waals surface area (Å²) in [5, 5.41) is 22.2. The molecular formula is C21H15N3O6. The smallest absolute Gasteiger partial charge is 0.375 e. The normalized spacial score (nSPS) is 11.2. The van der Waals surface area contributed by atoms with Gasteiger partial charge in [0.05, 0.1) is 16.6 Å². The summed E-state index contributed by atoms with van der Waals surface area (Å²) < 4.78 is 10.6. The molecule has 0 bridgehead atoms. The van der Waals surface area contributed by atoms with Crippen molar-refractivity contribution in [2.75, 3.05) is 5.32 Å². The second-order valence-electron chi connectivity index (χ2n) is 6.20. The molecule has 0 unspecified atom stereocenters. The molecule has 0 aliphatic rings. The Hall–Kier alpha value is -4.45. The first-order valence-corrected chi connectivity index (χ1v) is 8.74. The Bertz CT molecular complexity index is 1140. The van der Waals surface area contributed by atoms with E-state index in [-0.39, 0.29) is 11.4 Å². The van der Waals surface area contributed by atoms with E-state index in [1.807, 2.05) is 6.07 Å². The van der Waals surface area contributed by atoms with Crippen LogP contribution < -0.4 is 5.32 Å². The number of nitrogens with zero attached hydrogens (tertiary/aromatic N) is 2. The number of rotatable bonds is 6. The van der Waals surface area contributed by atoms with Crippen LogP contribution in [0.25, 0.3) is 11.3 Å². The van der Waals surface area contributed by atoms with Crippen molar-refractivity contribution in [1.82, 2.24) is 0 Å². The van der Waals surface area contributed by atoms with Gasteiger partial charge in [0.15, 0.2) is 6.10 Å². The Kier molecular flexibility index (Phi) is 5.89. The zero-order valence-electron chi connectivity index (χ0n) is 15.7. The van der Waals surface area contributed by atoms with Crippen LogP contribution in [0, 0.1) is 21.4 Å². The summed E-state index contributed by atoms with van der Waals surface area (Å²) in [7, 11) is 0. The summed E-state index contributed by atoms with van der Waals surface area (Å²) >= 11 is 0. The maximum Gasteiger partial charge on any atom is 0.375 e. The highest BCUT2D eigenvalue weighted by Gasteiger charge is 2.22. The van der Waals surface area contributed by atoms with Gasteiger partial charge in [-0.15, -0.1) is 0 Å². The number of hydrogen-bond donors (Lipinski definition) is 1. The van der Waals surface area contributed by atoms with E-state index >= 15 is 0 Å². The van der Waals surface area contributed by atoms with Crippen molar-refractivity contribution in [3.63, 3.8) is 0 Å². The number of non-ortho nitro benzene ring substituents is 1. The zero-order chi connectivity index (χ0) is 21.7. The van der Waals surface area contributed by atoms with E-state index in [4.69, 9.17) is 14.4 Å². The molecule has 3 rings (SSSR count). The van der Waals surface area contributed by atoms with Crippen molar-refractivity contribution in [1.29, 1.82) is 5.26 Å². The standard InChI is InChI=1S/C21H15N3O6/c1-13(20(25)23-16-4-2-3-14(11-16)12-22)29-21(26)19-10-9-18(30-19)15-5-7-17(8-6-15)24(27)28/h2-11,13H,1H3,(H,23,25)/t13-/m1/s1. The molecule has 3 aromatic rings. The lowest BCUT2D eigenvalue weighted by atomic mass is 10.1. The molecule has 1 atom stereocenters. The molecular weight excluding hydrogens is 390 g/mol. The molecule has 0 aliphatic heterocycles. The highest BCUT2D eigenvalue weighted by molar-refractivity contribution is 5.96. The maximum atomic E-state index is 12.3. The maximum absolute atomic E-state index is 12.3. The van der Waals surface area contributed by atoms with Gasteiger partial charge in [-0.05, 0) is 49.4 Å². The first-order valence-electron chi connectivity index (χ1n) is 8.74. The molecule has 0 radical (unpaired) electrons. The van der Waals surface area contributed by atoms with Crippen LogP contribution in [0.4, 0.5) is 11.4 Å². The summed E-state index contributed by atoms with van der Waals surface area (Å²) in [6.45, 7) is 1.40. The molecule has 150 valence electrons. The summed E-state index contributed by atoms with van der Waals surface area (Å²) in [6.07, 6.45) is -1.11. The van der Waals surface area contributed by atoms with Crippen molar-refractivity contribution in [2.45, 2.75) is 13.0 Å². The van der Waals surface area contributed by atoms with E-state index in [1.54, 1.807) is 18.2 Å².